The van der Waals surface area contributed by atoms with Crippen molar-refractivity contribution < 1.29 is 27.4 Å². The monoisotopic (exact) mass is 318 g/mol. The Morgan fingerprint density at radius 1 is 1.23 bits per heavy atom. The Labute approximate surface area is 128 Å². The van der Waals surface area contributed by atoms with Crippen LogP contribution in [-0.4, -0.2) is 25.1 Å². The molecular weight excluding hydrogens is 297 g/mol. The molecule has 0 amide bonds. The van der Waals surface area contributed by atoms with E-state index < -0.39 is 24.4 Å². The van der Waals surface area contributed by atoms with Crippen LogP contribution in [-0.2, 0) is 20.1 Å². The summed E-state index contributed by atoms with van der Waals surface area (Å²) in [4.78, 5) is 11.8. The molecule has 0 aliphatic heterocycles. The van der Waals surface area contributed by atoms with E-state index in [0.29, 0.717) is 6.42 Å². The molecule has 0 saturated heterocycles. The van der Waals surface area contributed by atoms with Crippen molar-refractivity contribution in [2.45, 2.75) is 51.5 Å². The Hall–Kier alpha value is -1.56. The van der Waals surface area contributed by atoms with Crippen molar-refractivity contribution in [2.75, 3.05) is 6.61 Å². The van der Waals surface area contributed by atoms with Crippen LogP contribution < -0.4 is 0 Å². The van der Waals surface area contributed by atoms with Crippen molar-refractivity contribution in [1.82, 2.24) is 0 Å². The van der Waals surface area contributed by atoms with Gasteiger partial charge in [-0.3, -0.25) is 0 Å². The predicted octanol–water partition coefficient (Wildman–Crippen LogP) is 4.21. The second-order valence-corrected chi connectivity index (χ2v) is 4.81. The Bertz CT molecular complexity index is 453. The van der Waals surface area contributed by atoms with Crippen LogP contribution in [0.4, 0.5) is 13.2 Å². The smallest absolute Gasteiger partial charge is 0.335 e. The van der Waals surface area contributed by atoms with Gasteiger partial charge in [0.25, 0.3) is 5.85 Å². The summed E-state index contributed by atoms with van der Waals surface area (Å²) in [5.74, 6) is -4.17. The summed E-state index contributed by atoms with van der Waals surface area (Å²) in [5.41, 5.74) is -0.323. The standard InChI is InChI=1S/C16H21F3O3/c1-3-5-11-13(14(20)21-4-2)22-16(19,15(17)18)12-9-7-6-8-10-12/h6-10,13,15H,3-5,11H2,1-2H3. The van der Waals surface area contributed by atoms with Gasteiger partial charge in [0.15, 0.2) is 6.10 Å². The first-order chi connectivity index (χ1) is 10.5. The second kappa shape index (κ2) is 8.78. The van der Waals surface area contributed by atoms with Gasteiger partial charge in [-0.2, -0.15) is 0 Å². The Morgan fingerprint density at radius 3 is 2.36 bits per heavy atom. The highest BCUT2D eigenvalue weighted by atomic mass is 19.3. The minimum Gasteiger partial charge on any atom is -0.464 e. The minimum atomic E-state index is -3.42. The van der Waals surface area contributed by atoms with Crippen LogP contribution in [0.5, 0.6) is 0 Å². The first-order valence-electron chi connectivity index (χ1n) is 7.32. The lowest BCUT2D eigenvalue weighted by Gasteiger charge is -2.29. The molecule has 0 bridgehead atoms. The van der Waals surface area contributed by atoms with E-state index in [4.69, 9.17) is 9.47 Å². The number of carbonyl (C=O) groups is 1. The summed E-state index contributed by atoms with van der Waals surface area (Å²) in [6.45, 7) is 3.53. The van der Waals surface area contributed by atoms with Gasteiger partial charge in [0.2, 0.25) is 0 Å². The van der Waals surface area contributed by atoms with Gasteiger partial charge in [-0.15, -0.1) is 0 Å². The molecule has 124 valence electrons. The van der Waals surface area contributed by atoms with Crippen molar-refractivity contribution >= 4 is 5.97 Å². The molecule has 0 saturated carbocycles. The van der Waals surface area contributed by atoms with Crippen LogP contribution in [0.1, 0.15) is 38.7 Å². The van der Waals surface area contributed by atoms with Gasteiger partial charge in [0, 0.05) is 5.56 Å². The zero-order valence-corrected chi connectivity index (χ0v) is 12.7. The molecule has 0 aliphatic rings. The van der Waals surface area contributed by atoms with Crippen molar-refractivity contribution in [3.63, 3.8) is 0 Å². The molecule has 0 fully saturated rings. The van der Waals surface area contributed by atoms with Gasteiger partial charge in [-0.1, -0.05) is 50.1 Å². The van der Waals surface area contributed by atoms with Crippen molar-refractivity contribution in [2.24, 2.45) is 0 Å². The van der Waals surface area contributed by atoms with Gasteiger partial charge in [-0.25, -0.2) is 18.0 Å². The fraction of sp³-hybridized carbons (Fsp3) is 0.562. The number of hydrogen-bond acceptors (Lipinski definition) is 3. The molecule has 1 rings (SSSR count). The number of hydrogen-bond donors (Lipinski definition) is 0. The van der Waals surface area contributed by atoms with E-state index in [0.717, 1.165) is 6.42 Å². The summed E-state index contributed by atoms with van der Waals surface area (Å²) >= 11 is 0. The molecule has 0 spiro atoms. The highest BCUT2D eigenvalue weighted by Crippen LogP contribution is 2.36. The van der Waals surface area contributed by atoms with Gasteiger partial charge < -0.3 is 9.47 Å². The summed E-state index contributed by atoms with van der Waals surface area (Å²) in [7, 11) is 0. The van der Waals surface area contributed by atoms with Gasteiger partial charge >= 0.3 is 12.4 Å². The van der Waals surface area contributed by atoms with Crippen LogP contribution >= 0.6 is 0 Å². The van der Waals surface area contributed by atoms with E-state index in [-0.39, 0.29) is 18.6 Å². The maximum absolute atomic E-state index is 14.7. The first kappa shape index (κ1) is 18.5. The zero-order chi connectivity index (χ0) is 16.6. The van der Waals surface area contributed by atoms with Crippen molar-refractivity contribution in [3.8, 4) is 0 Å². The average Bonchev–Trinajstić information content (AvgIpc) is 2.52. The molecule has 0 N–H and O–H groups in total. The molecule has 0 aromatic heterocycles. The fourth-order valence-corrected chi connectivity index (χ4v) is 1.97. The Kier molecular flexibility index (Phi) is 7.38. The maximum atomic E-state index is 14.7. The maximum Gasteiger partial charge on any atom is 0.335 e. The molecule has 0 heterocycles. The van der Waals surface area contributed by atoms with Crippen molar-refractivity contribution in [3.05, 3.63) is 35.9 Å². The number of rotatable bonds is 9. The van der Waals surface area contributed by atoms with Gasteiger partial charge in [0.05, 0.1) is 6.61 Å². The summed E-state index contributed by atoms with van der Waals surface area (Å²) in [6.07, 6.45) is -3.40. The van der Waals surface area contributed by atoms with Crippen LogP contribution in [0.3, 0.4) is 0 Å². The van der Waals surface area contributed by atoms with Gasteiger partial charge in [-0.05, 0) is 13.3 Å². The third-order valence-electron chi connectivity index (χ3n) is 3.13. The summed E-state index contributed by atoms with van der Waals surface area (Å²) in [5, 5.41) is 0. The zero-order valence-electron chi connectivity index (χ0n) is 12.7. The number of ether oxygens (including phenoxy) is 2. The second-order valence-electron chi connectivity index (χ2n) is 4.81. The first-order valence-corrected chi connectivity index (χ1v) is 7.32. The molecule has 6 heteroatoms. The molecule has 2 unspecified atom stereocenters. The van der Waals surface area contributed by atoms with E-state index in [9.17, 15) is 18.0 Å². The average molecular weight is 318 g/mol. The lowest BCUT2D eigenvalue weighted by atomic mass is 10.1. The predicted molar refractivity (Wildman–Crippen MR) is 76.3 cm³/mol. The largest absolute Gasteiger partial charge is 0.464 e. The van der Waals surface area contributed by atoms with E-state index >= 15 is 0 Å². The molecule has 22 heavy (non-hydrogen) atoms. The number of carbonyl (C=O) groups excluding carboxylic acids is 1. The molecule has 1 aromatic rings. The van der Waals surface area contributed by atoms with Gasteiger partial charge in [0.1, 0.15) is 0 Å². The molecular formula is C16H21F3O3. The van der Waals surface area contributed by atoms with Crippen molar-refractivity contribution in [1.29, 1.82) is 0 Å². The third kappa shape index (κ3) is 4.73. The number of unbranched alkanes of at least 4 members (excludes halogenated alkanes) is 1. The lowest BCUT2D eigenvalue weighted by Crippen LogP contribution is -2.40. The van der Waals surface area contributed by atoms with Crippen LogP contribution in [0.25, 0.3) is 0 Å². The van der Waals surface area contributed by atoms with E-state index in [1.807, 2.05) is 6.92 Å². The highest BCUT2D eigenvalue weighted by Gasteiger charge is 2.47. The van der Waals surface area contributed by atoms with Crippen LogP contribution in [0.15, 0.2) is 30.3 Å². The lowest BCUT2D eigenvalue weighted by molar-refractivity contribution is -0.256. The number of benzene rings is 1. The normalized spacial score (nSPS) is 15.4. The minimum absolute atomic E-state index is 0.0735. The molecule has 0 aliphatic carbocycles. The molecule has 3 nitrogen and oxygen atoms in total. The Balaban J connectivity index is 3.01. The van der Waals surface area contributed by atoms with Crippen LogP contribution in [0, 0.1) is 0 Å². The van der Waals surface area contributed by atoms with E-state index in [1.54, 1.807) is 13.0 Å². The topological polar surface area (TPSA) is 35.5 Å². The number of alkyl halides is 3. The number of esters is 1. The summed E-state index contributed by atoms with van der Waals surface area (Å²) in [6, 6.07) is 6.85. The molecule has 2 atom stereocenters. The highest BCUT2D eigenvalue weighted by molar-refractivity contribution is 5.74. The van der Waals surface area contributed by atoms with E-state index in [2.05, 4.69) is 0 Å². The fourth-order valence-electron chi connectivity index (χ4n) is 1.97. The molecule has 0 radical (unpaired) electrons. The third-order valence-corrected chi connectivity index (χ3v) is 3.13. The quantitative estimate of drug-likeness (QED) is 0.640. The summed E-state index contributed by atoms with van der Waals surface area (Å²) < 4.78 is 50.9. The number of halogens is 3. The Morgan fingerprint density at radius 2 is 1.86 bits per heavy atom. The SMILES string of the molecule is CCCCC(OC(F)(c1ccccc1)C(F)F)C(=O)OCC. The van der Waals surface area contributed by atoms with E-state index in [1.165, 1.54) is 24.3 Å². The molecule has 1 aromatic carbocycles. The van der Waals surface area contributed by atoms with Crippen LogP contribution in [0.2, 0.25) is 0 Å².